The van der Waals surface area contributed by atoms with Gasteiger partial charge in [0.2, 0.25) is 0 Å². The van der Waals surface area contributed by atoms with Crippen LogP contribution >= 0.6 is 38.9 Å². The second-order valence-corrected chi connectivity index (χ2v) is 9.07. The van der Waals surface area contributed by atoms with E-state index < -0.39 is 12.0 Å². The van der Waals surface area contributed by atoms with Crippen molar-refractivity contribution in [3.05, 3.63) is 61.1 Å². The highest BCUT2D eigenvalue weighted by atomic mass is 79.9. The van der Waals surface area contributed by atoms with Crippen LogP contribution in [0.4, 0.5) is 0 Å². The minimum absolute atomic E-state index is 0.201. The Morgan fingerprint density at radius 2 is 2.14 bits per heavy atom. The second kappa shape index (κ2) is 8.95. The van der Waals surface area contributed by atoms with Gasteiger partial charge in [-0.15, -0.1) is 11.3 Å². The van der Waals surface area contributed by atoms with Crippen molar-refractivity contribution in [3.8, 4) is 0 Å². The minimum Gasteiger partial charge on any atom is -0.466 e. The third kappa shape index (κ3) is 4.26. The third-order valence-corrected chi connectivity index (χ3v) is 6.72. The van der Waals surface area contributed by atoms with Crippen LogP contribution in [0.1, 0.15) is 29.5 Å². The maximum absolute atomic E-state index is 12.9. The Morgan fingerprint density at radius 1 is 1.34 bits per heavy atom. The van der Waals surface area contributed by atoms with E-state index in [1.807, 2.05) is 23.6 Å². The number of allylic oxidation sites excluding steroid dienone is 1. The molecule has 2 N–H and O–H groups in total. The first-order valence-electron chi connectivity index (χ1n) is 9.31. The Balaban J connectivity index is 1.88. The molecule has 9 heteroatoms. The number of thiazole rings is 1. The van der Waals surface area contributed by atoms with Gasteiger partial charge in [0, 0.05) is 38.3 Å². The van der Waals surface area contributed by atoms with Gasteiger partial charge in [-0.25, -0.2) is 9.78 Å². The van der Waals surface area contributed by atoms with E-state index in [4.69, 9.17) is 21.3 Å². The maximum atomic E-state index is 12.9. The number of halogens is 2. The largest absolute Gasteiger partial charge is 0.466 e. The molecule has 1 unspecified atom stereocenters. The molecule has 0 bridgehead atoms. The average molecular weight is 496 g/mol. The zero-order chi connectivity index (χ0) is 20.4. The summed E-state index contributed by atoms with van der Waals surface area (Å²) in [5, 5.41) is 10.0. The summed E-state index contributed by atoms with van der Waals surface area (Å²) in [5.74, 6) is 0.467. The molecular formula is C20H20BrClN4O2S. The van der Waals surface area contributed by atoms with Crippen molar-refractivity contribution in [1.82, 2.24) is 15.6 Å². The zero-order valence-electron chi connectivity index (χ0n) is 15.7. The number of methoxy groups -OCH3 is 1. The number of hydrogen-bond donors (Lipinski definition) is 2. The van der Waals surface area contributed by atoms with Gasteiger partial charge in [0.15, 0.2) is 10.8 Å². The molecule has 29 heavy (non-hydrogen) atoms. The van der Waals surface area contributed by atoms with Gasteiger partial charge in [0.05, 0.1) is 12.7 Å². The second-order valence-electron chi connectivity index (χ2n) is 6.85. The fourth-order valence-electron chi connectivity index (χ4n) is 3.73. The number of ether oxygens (including phenoxy) is 1. The summed E-state index contributed by atoms with van der Waals surface area (Å²) in [4.78, 5) is 22.2. The number of piperidine rings is 1. The van der Waals surface area contributed by atoms with Gasteiger partial charge in [0.25, 0.3) is 0 Å². The Hall–Kier alpha value is -1.74. The highest BCUT2D eigenvalue weighted by Crippen LogP contribution is 2.40. The minimum atomic E-state index is -0.562. The average Bonchev–Trinajstić information content (AvgIpc) is 3.28. The van der Waals surface area contributed by atoms with E-state index in [0.717, 1.165) is 46.7 Å². The SMILES string of the molecule is COC(=O)C1=C(C2CCNCC2)NC(c2nccs2)=NC1c1ccc(Br)cc1Cl. The van der Waals surface area contributed by atoms with Gasteiger partial charge in [-0.3, -0.25) is 4.99 Å². The van der Waals surface area contributed by atoms with Crippen molar-refractivity contribution < 1.29 is 9.53 Å². The number of nitrogens with zero attached hydrogens (tertiary/aromatic N) is 2. The standard InChI is InChI=1S/C20H20BrClN4O2S/c1-28-20(27)15-16(11-4-6-23-7-5-11)25-18(19-24-8-9-29-19)26-17(15)13-3-2-12(21)10-14(13)22/h2-3,8-11,17,23H,4-7H2,1H3,(H,25,26). The monoisotopic (exact) mass is 494 g/mol. The molecule has 2 aliphatic heterocycles. The number of hydrogen-bond acceptors (Lipinski definition) is 7. The van der Waals surface area contributed by atoms with Crippen LogP contribution in [0.5, 0.6) is 0 Å². The lowest BCUT2D eigenvalue weighted by atomic mass is 9.86. The quantitative estimate of drug-likeness (QED) is 0.625. The molecular weight excluding hydrogens is 476 g/mol. The highest BCUT2D eigenvalue weighted by molar-refractivity contribution is 9.10. The van der Waals surface area contributed by atoms with Crippen LogP contribution in [-0.2, 0) is 9.53 Å². The van der Waals surface area contributed by atoms with Gasteiger partial charge in [0.1, 0.15) is 6.04 Å². The summed E-state index contributed by atoms with van der Waals surface area (Å²) >= 11 is 11.5. The Kier molecular flexibility index (Phi) is 6.34. The van der Waals surface area contributed by atoms with Crippen LogP contribution in [0.15, 0.2) is 50.5 Å². The molecule has 4 rings (SSSR count). The number of aliphatic imine (C=N–C) groups is 1. The van der Waals surface area contributed by atoms with Gasteiger partial charge < -0.3 is 15.4 Å². The fourth-order valence-corrected chi connectivity index (χ4v) is 5.09. The summed E-state index contributed by atoms with van der Waals surface area (Å²) in [6, 6.07) is 5.06. The Bertz CT molecular complexity index is 971. The molecule has 2 aliphatic rings. The molecule has 1 atom stereocenters. The molecule has 0 radical (unpaired) electrons. The topological polar surface area (TPSA) is 75.6 Å². The lowest BCUT2D eigenvalue weighted by Crippen LogP contribution is -2.40. The van der Waals surface area contributed by atoms with Crippen molar-refractivity contribution in [2.24, 2.45) is 10.9 Å². The molecule has 0 spiro atoms. The van der Waals surface area contributed by atoms with Gasteiger partial charge in [-0.1, -0.05) is 33.6 Å². The number of aromatic nitrogens is 1. The lowest BCUT2D eigenvalue weighted by Gasteiger charge is -2.33. The van der Waals surface area contributed by atoms with Crippen LogP contribution in [0.25, 0.3) is 0 Å². The summed E-state index contributed by atoms with van der Waals surface area (Å²) in [6.45, 7) is 1.80. The van der Waals surface area contributed by atoms with Crippen molar-refractivity contribution in [1.29, 1.82) is 0 Å². The Morgan fingerprint density at radius 3 is 2.79 bits per heavy atom. The number of esters is 1. The number of carbonyl (C=O) groups is 1. The van der Waals surface area contributed by atoms with E-state index >= 15 is 0 Å². The number of amidine groups is 1. The zero-order valence-corrected chi connectivity index (χ0v) is 18.9. The fraction of sp³-hybridized carbons (Fsp3) is 0.350. The van der Waals surface area contributed by atoms with Crippen molar-refractivity contribution in [3.63, 3.8) is 0 Å². The van der Waals surface area contributed by atoms with Crippen LogP contribution in [0.3, 0.4) is 0 Å². The van der Waals surface area contributed by atoms with Crippen molar-refractivity contribution in [2.45, 2.75) is 18.9 Å². The van der Waals surface area contributed by atoms with Crippen LogP contribution in [0, 0.1) is 5.92 Å². The van der Waals surface area contributed by atoms with E-state index in [9.17, 15) is 4.79 Å². The Labute approximate surface area is 186 Å². The molecule has 0 saturated carbocycles. The predicted molar refractivity (Wildman–Crippen MR) is 118 cm³/mol. The van der Waals surface area contributed by atoms with E-state index in [1.54, 1.807) is 6.20 Å². The van der Waals surface area contributed by atoms with E-state index in [1.165, 1.54) is 18.4 Å². The number of nitrogens with one attached hydrogen (secondary N) is 2. The molecule has 0 aliphatic carbocycles. The first kappa shape index (κ1) is 20.5. The van der Waals surface area contributed by atoms with E-state index in [0.29, 0.717) is 16.4 Å². The molecule has 1 aromatic heterocycles. The van der Waals surface area contributed by atoms with E-state index in [-0.39, 0.29) is 5.92 Å². The van der Waals surface area contributed by atoms with E-state index in [2.05, 4.69) is 31.5 Å². The summed E-state index contributed by atoms with van der Waals surface area (Å²) < 4.78 is 6.03. The molecule has 2 aromatic rings. The lowest BCUT2D eigenvalue weighted by molar-refractivity contribution is -0.136. The summed E-state index contributed by atoms with van der Waals surface area (Å²) in [5.41, 5.74) is 2.14. The third-order valence-electron chi connectivity index (χ3n) is 5.12. The molecule has 0 amide bonds. The normalized spacial score (nSPS) is 20.2. The molecule has 6 nitrogen and oxygen atoms in total. The molecule has 1 aromatic carbocycles. The smallest absolute Gasteiger partial charge is 0.338 e. The van der Waals surface area contributed by atoms with Gasteiger partial charge in [-0.05, 0) is 38.1 Å². The number of benzene rings is 1. The van der Waals surface area contributed by atoms with Crippen LogP contribution in [-0.4, -0.2) is 37.0 Å². The maximum Gasteiger partial charge on any atom is 0.338 e. The summed E-state index contributed by atoms with van der Waals surface area (Å²) in [7, 11) is 1.40. The molecule has 1 fully saturated rings. The van der Waals surface area contributed by atoms with Crippen LogP contribution < -0.4 is 10.6 Å². The molecule has 3 heterocycles. The van der Waals surface area contributed by atoms with Crippen molar-refractivity contribution in [2.75, 3.05) is 20.2 Å². The number of rotatable bonds is 4. The summed E-state index contributed by atoms with van der Waals surface area (Å²) in [6.07, 6.45) is 3.60. The van der Waals surface area contributed by atoms with Gasteiger partial charge in [-0.2, -0.15) is 0 Å². The first-order chi connectivity index (χ1) is 14.1. The first-order valence-corrected chi connectivity index (χ1v) is 11.4. The predicted octanol–water partition coefficient (Wildman–Crippen LogP) is 4.08. The van der Waals surface area contributed by atoms with Gasteiger partial charge >= 0.3 is 5.97 Å². The highest BCUT2D eigenvalue weighted by Gasteiger charge is 2.36. The molecule has 1 saturated heterocycles. The van der Waals surface area contributed by atoms with Crippen LogP contribution in [0.2, 0.25) is 5.02 Å². The van der Waals surface area contributed by atoms with Crippen molar-refractivity contribution >= 4 is 50.7 Å². The molecule has 152 valence electrons. The number of carbonyl (C=O) groups excluding carboxylic acids is 1.